The van der Waals surface area contributed by atoms with Crippen LogP contribution in [-0.2, 0) is 0 Å². The number of amides is 1. The number of aromatic nitrogens is 2. The first-order valence-electron chi connectivity index (χ1n) is 4.98. The van der Waals surface area contributed by atoms with Crippen molar-refractivity contribution in [3.05, 3.63) is 16.9 Å². The molecule has 1 atom stereocenters. The molecule has 0 aromatic carbocycles. The molecule has 1 saturated heterocycles. The lowest BCUT2D eigenvalue weighted by atomic mass is 10.2. The first-order valence-corrected chi connectivity index (χ1v) is 5.36. The Labute approximate surface area is 99.7 Å². The maximum atomic E-state index is 12.6. The van der Waals surface area contributed by atoms with Gasteiger partial charge in [-0.05, 0) is 12.8 Å². The Morgan fingerprint density at radius 1 is 1.59 bits per heavy atom. The van der Waals surface area contributed by atoms with E-state index in [0.29, 0.717) is 6.42 Å². The van der Waals surface area contributed by atoms with Crippen molar-refractivity contribution in [1.29, 1.82) is 0 Å². The molecule has 0 saturated carbocycles. The van der Waals surface area contributed by atoms with E-state index in [2.05, 4.69) is 10.2 Å². The molecule has 2 rings (SSSR count). The van der Waals surface area contributed by atoms with E-state index in [1.54, 1.807) is 0 Å². The van der Waals surface area contributed by atoms with Crippen LogP contribution in [0.2, 0.25) is 5.15 Å². The van der Waals surface area contributed by atoms with Crippen LogP contribution in [-0.4, -0.2) is 39.8 Å². The lowest BCUT2D eigenvalue weighted by molar-refractivity contribution is -0.169. The Balaban J connectivity index is 2.19. The molecule has 1 aromatic rings. The molecule has 1 fully saturated rings. The van der Waals surface area contributed by atoms with Crippen LogP contribution >= 0.6 is 11.6 Å². The van der Waals surface area contributed by atoms with Gasteiger partial charge in [0.25, 0.3) is 5.91 Å². The highest BCUT2D eigenvalue weighted by molar-refractivity contribution is 6.29. The number of hydrogen-bond donors (Lipinski definition) is 1. The molecule has 1 N–H and O–H groups in total. The second kappa shape index (κ2) is 4.21. The lowest BCUT2D eigenvalue weighted by Gasteiger charge is -2.25. The number of likely N-dealkylation sites (tertiary alicyclic amines) is 1. The minimum atomic E-state index is -4.40. The summed E-state index contributed by atoms with van der Waals surface area (Å²) in [5, 5.41) is 6.00. The SMILES string of the molecule is O=C(c1cc(Cl)[nH]n1)N1CCCC1C(F)(F)F. The number of aromatic amines is 1. The van der Waals surface area contributed by atoms with E-state index in [9.17, 15) is 18.0 Å². The van der Waals surface area contributed by atoms with Crippen molar-refractivity contribution in [1.82, 2.24) is 15.1 Å². The first-order chi connectivity index (χ1) is 7.89. The van der Waals surface area contributed by atoms with E-state index in [0.717, 1.165) is 4.90 Å². The van der Waals surface area contributed by atoms with Gasteiger partial charge in [-0.1, -0.05) is 11.6 Å². The zero-order valence-corrected chi connectivity index (χ0v) is 9.35. The van der Waals surface area contributed by atoms with Gasteiger partial charge < -0.3 is 4.90 Å². The van der Waals surface area contributed by atoms with Crippen molar-refractivity contribution in [2.24, 2.45) is 0 Å². The molecule has 0 bridgehead atoms. The van der Waals surface area contributed by atoms with Crippen LogP contribution in [0, 0.1) is 0 Å². The van der Waals surface area contributed by atoms with Gasteiger partial charge in [-0.25, -0.2) is 0 Å². The predicted molar refractivity (Wildman–Crippen MR) is 53.7 cm³/mol. The van der Waals surface area contributed by atoms with Crippen LogP contribution in [0.1, 0.15) is 23.3 Å². The summed E-state index contributed by atoms with van der Waals surface area (Å²) in [6, 6.07) is -0.499. The number of nitrogens with one attached hydrogen (secondary N) is 1. The van der Waals surface area contributed by atoms with Crippen LogP contribution in [0.4, 0.5) is 13.2 Å². The van der Waals surface area contributed by atoms with Crippen LogP contribution in [0.15, 0.2) is 6.07 Å². The molecule has 0 radical (unpaired) electrons. The molecule has 0 spiro atoms. The number of hydrogen-bond acceptors (Lipinski definition) is 2. The van der Waals surface area contributed by atoms with Crippen LogP contribution in [0.3, 0.4) is 0 Å². The average Bonchev–Trinajstić information content (AvgIpc) is 2.83. The summed E-state index contributed by atoms with van der Waals surface area (Å²) in [5.41, 5.74) is -0.0915. The van der Waals surface area contributed by atoms with E-state index >= 15 is 0 Å². The molecule has 1 amide bonds. The molecule has 2 heterocycles. The maximum Gasteiger partial charge on any atom is 0.408 e. The van der Waals surface area contributed by atoms with Crippen LogP contribution in [0.5, 0.6) is 0 Å². The molecule has 1 aliphatic heterocycles. The highest BCUT2D eigenvalue weighted by atomic mass is 35.5. The molecule has 0 aliphatic carbocycles. The molecule has 1 unspecified atom stereocenters. The first kappa shape index (κ1) is 12.2. The quantitative estimate of drug-likeness (QED) is 0.848. The minimum Gasteiger partial charge on any atom is -0.325 e. The molecule has 94 valence electrons. The Morgan fingerprint density at radius 3 is 2.82 bits per heavy atom. The smallest absolute Gasteiger partial charge is 0.325 e. The summed E-state index contributed by atoms with van der Waals surface area (Å²) in [6.45, 7) is 0.0908. The number of carbonyl (C=O) groups is 1. The molecular weight excluding hydrogens is 259 g/mol. The number of carbonyl (C=O) groups excluding carboxylic acids is 1. The Kier molecular flexibility index (Phi) is 3.03. The molecule has 4 nitrogen and oxygen atoms in total. The summed E-state index contributed by atoms with van der Waals surface area (Å²) in [4.78, 5) is 12.6. The Hall–Kier alpha value is -1.24. The van der Waals surface area contributed by atoms with Gasteiger partial charge in [-0.2, -0.15) is 18.3 Å². The molecule has 17 heavy (non-hydrogen) atoms. The van der Waals surface area contributed by atoms with Crippen molar-refractivity contribution < 1.29 is 18.0 Å². The maximum absolute atomic E-state index is 12.6. The predicted octanol–water partition coefficient (Wildman–Crippen LogP) is 2.23. The van der Waals surface area contributed by atoms with Gasteiger partial charge in [0, 0.05) is 12.6 Å². The zero-order chi connectivity index (χ0) is 12.6. The van der Waals surface area contributed by atoms with Gasteiger partial charge in [0.2, 0.25) is 0 Å². The topological polar surface area (TPSA) is 49.0 Å². The molecule has 1 aliphatic rings. The second-order valence-electron chi connectivity index (χ2n) is 3.80. The third-order valence-corrected chi connectivity index (χ3v) is 2.85. The summed E-state index contributed by atoms with van der Waals surface area (Å²) in [5.74, 6) is -0.743. The number of H-pyrrole nitrogens is 1. The fraction of sp³-hybridized carbons (Fsp3) is 0.556. The molecule has 1 aromatic heterocycles. The van der Waals surface area contributed by atoms with Crippen molar-refractivity contribution in [2.75, 3.05) is 6.54 Å². The summed E-state index contributed by atoms with van der Waals surface area (Å²) >= 11 is 5.53. The second-order valence-corrected chi connectivity index (χ2v) is 4.21. The third-order valence-electron chi connectivity index (χ3n) is 2.66. The van der Waals surface area contributed by atoms with Gasteiger partial charge in [-0.3, -0.25) is 9.89 Å². The number of halogens is 4. The number of nitrogens with zero attached hydrogens (tertiary/aromatic N) is 2. The molecular formula is C9H9ClF3N3O. The van der Waals surface area contributed by atoms with Gasteiger partial charge >= 0.3 is 6.18 Å². The van der Waals surface area contributed by atoms with E-state index < -0.39 is 18.1 Å². The van der Waals surface area contributed by atoms with Gasteiger partial charge in [0.15, 0.2) is 5.69 Å². The summed E-state index contributed by atoms with van der Waals surface area (Å²) in [7, 11) is 0. The largest absolute Gasteiger partial charge is 0.408 e. The van der Waals surface area contributed by atoms with Gasteiger partial charge in [0.1, 0.15) is 11.2 Å². The summed E-state index contributed by atoms with van der Waals surface area (Å²) < 4.78 is 37.9. The third kappa shape index (κ3) is 2.38. The fourth-order valence-corrected chi connectivity index (χ4v) is 2.05. The normalized spacial score (nSPS) is 20.9. The fourth-order valence-electron chi connectivity index (χ4n) is 1.91. The minimum absolute atomic E-state index is 0.0621. The van der Waals surface area contributed by atoms with Crippen molar-refractivity contribution >= 4 is 17.5 Å². The van der Waals surface area contributed by atoms with Crippen molar-refractivity contribution in [2.45, 2.75) is 25.1 Å². The highest BCUT2D eigenvalue weighted by Crippen LogP contribution is 2.33. The van der Waals surface area contributed by atoms with Gasteiger partial charge in [-0.15, -0.1) is 0 Å². The van der Waals surface area contributed by atoms with Crippen LogP contribution in [0.25, 0.3) is 0 Å². The van der Waals surface area contributed by atoms with E-state index in [-0.39, 0.29) is 23.8 Å². The van der Waals surface area contributed by atoms with E-state index in [4.69, 9.17) is 11.6 Å². The average molecular weight is 268 g/mol. The Morgan fingerprint density at radius 2 is 2.29 bits per heavy atom. The highest BCUT2D eigenvalue weighted by Gasteiger charge is 2.48. The Bertz CT molecular complexity index is 431. The van der Waals surface area contributed by atoms with E-state index in [1.165, 1.54) is 6.07 Å². The van der Waals surface area contributed by atoms with Gasteiger partial charge in [0.05, 0.1) is 0 Å². The van der Waals surface area contributed by atoms with Crippen molar-refractivity contribution in [3.8, 4) is 0 Å². The lowest BCUT2D eigenvalue weighted by Crippen LogP contribution is -2.44. The summed E-state index contributed by atoms with van der Waals surface area (Å²) in [6.07, 6.45) is -4.12. The van der Waals surface area contributed by atoms with Crippen molar-refractivity contribution in [3.63, 3.8) is 0 Å². The zero-order valence-electron chi connectivity index (χ0n) is 8.59. The van der Waals surface area contributed by atoms with E-state index in [1.807, 2.05) is 0 Å². The monoisotopic (exact) mass is 267 g/mol. The number of rotatable bonds is 1. The van der Waals surface area contributed by atoms with Crippen LogP contribution < -0.4 is 0 Å². The number of alkyl halides is 3. The molecule has 8 heteroatoms. The standard InChI is InChI=1S/C9H9ClF3N3O/c10-7-4-5(14-15-7)8(17)16-3-1-2-6(16)9(11,12)13/h4,6H,1-3H2,(H,14,15).